The maximum Gasteiger partial charge on any atom is 0.411 e. The molecule has 1 aliphatic rings. The number of nitrogens with zero attached hydrogens (tertiary/aromatic N) is 1. The van der Waals surface area contributed by atoms with Crippen molar-refractivity contribution >= 4 is 33.6 Å². The van der Waals surface area contributed by atoms with Crippen LogP contribution in [-0.2, 0) is 16.1 Å². The second-order valence-electron chi connectivity index (χ2n) is 4.73. The van der Waals surface area contributed by atoms with Gasteiger partial charge in [-0.2, -0.15) is 0 Å². The first-order valence-corrected chi connectivity index (χ1v) is 7.58. The molecule has 1 fully saturated rings. The second-order valence-corrected chi connectivity index (χ2v) is 5.83. The number of carbonyl (C=O) groups is 2. The third kappa shape index (κ3) is 4.32. The first-order chi connectivity index (χ1) is 10.1. The van der Waals surface area contributed by atoms with Crippen LogP contribution in [0.25, 0.3) is 0 Å². The maximum absolute atomic E-state index is 11.8. The summed E-state index contributed by atoms with van der Waals surface area (Å²) in [4.78, 5) is 25.0. The van der Waals surface area contributed by atoms with Crippen LogP contribution in [0.4, 0.5) is 10.5 Å². The van der Waals surface area contributed by atoms with Crippen molar-refractivity contribution in [3.8, 4) is 0 Å². The molecule has 1 aliphatic heterocycles. The number of rotatable bonds is 5. The van der Waals surface area contributed by atoms with E-state index >= 15 is 0 Å². The van der Waals surface area contributed by atoms with Gasteiger partial charge in [0.25, 0.3) is 0 Å². The molecule has 0 radical (unpaired) electrons. The second kappa shape index (κ2) is 7.26. The van der Waals surface area contributed by atoms with Crippen molar-refractivity contribution in [2.24, 2.45) is 0 Å². The average molecular weight is 353 g/mol. The molecule has 112 valence electrons. The van der Waals surface area contributed by atoms with Crippen LogP contribution in [-0.4, -0.2) is 34.9 Å². The lowest BCUT2D eigenvalue weighted by molar-refractivity contribution is -0.127. The molecule has 21 heavy (non-hydrogen) atoms. The Morgan fingerprint density at radius 3 is 2.76 bits per heavy atom. The lowest BCUT2D eigenvalue weighted by Gasteiger charge is -2.16. The zero-order valence-corrected chi connectivity index (χ0v) is 13.1. The van der Waals surface area contributed by atoms with Crippen LogP contribution in [0, 0.1) is 0 Å². The molecule has 0 saturated carbocycles. The van der Waals surface area contributed by atoms with Crippen LogP contribution < -0.4 is 5.32 Å². The van der Waals surface area contributed by atoms with Crippen LogP contribution >= 0.6 is 15.9 Å². The molecule has 1 aromatic rings. The van der Waals surface area contributed by atoms with E-state index in [0.717, 1.165) is 18.5 Å². The summed E-state index contributed by atoms with van der Waals surface area (Å²) >= 11 is 3.36. The van der Waals surface area contributed by atoms with Crippen LogP contribution in [0.3, 0.4) is 0 Å². The van der Waals surface area contributed by atoms with Gasteiger partial charge in [-0.25, -0.2) is 4.79 Å². The highest BCUT2D eigenvalue weighted by molar-refractivity contribution is 9.10. The van der Waals surface area contributed by atoms with E-state index in [0.29, 0.717) is 12.2 Å². The highest BCUT2D eigenvalue weighted by Gasteiger charge is 2.28. The normalized spacial score (nSPS) is 17.7. The standard InChI is InChI=1S/C15H17BrN2O3/c1-2-9-21-15(20)17-12-5-3-11(4-6-12)10-18-8-7-13(16)14(18)19/h2-6,13H,1,7-10H2,(H,17,20). The Bertz CT molecular complexity index is 530. The Labute approximate surface area is 132 Å². The minimum Gasteiger partial charge on any atom is -0.445 e. The Kier molecular flexibility index (Phi) is 5.38. The van der Waals surface area contributed by atoms with E-state index in [4.69, 9.17) is 4.74 Å². The predicted molar refractivity (Wildman–Crippen MR) is 84.4 cm³/mol. The van der Waals surface area contributed by atoms with E-state index in [1.807, 2.05) is 17.0 Å². The molecule has 1 heterocycles. The fraction of sp³-hybridized carbons (Fsp3) is 0.333. The molecule has 0 aliphatic carbocycles. The lowest BCUT2D eigenvalue weighted by atomic mass is 10.2. The van der Waals surface area contributed by atoms with E-state index < -0.39 is 6.09 Å². The molecule has 0 spiro atoms. The van der Waals surface area contributed by atoms with Gasteiger partial charge in [0.15, 0.2) is 0 Å². The van der Waals surface area contributed by atoms with Crippen LogP contribution in [0.1, 0.15) is 12.0 Å². The van der Waals surface area contributed by atoms with Gasteiger partial charge in [-0.1, -0.05) is 40.7 Å². The third-order valence-corrected chi connectivity index (χ3v) is 3.99. The number of ether oxygens (including phenoxy) is 1. The molecule has 1 unspecified atom stereocenters. The molecule has 0 bridgehead atoms. The van der Waals surface area contributed by atoms with Crippen molar-refractivity contribution in [3.05, 3.63) is 42.5 Å². The van der Waals surface area contributed by atoms with Gasteiger partial charge in [-0.05, 0) is 24.1 Å². The van der Waals surface area contributed by atoms with Crippen molar-refractivity contribution in [1.82, 2.24) is 4.90 Å². The minimum atomic E-state index is -0.514. The fourth-order valence-corrected chi connectivity index (χ4v) is 2.55. The smallest absolute Gasteiger partial charge is 0.411 e. The topological polar surface area (TPSA) is 58.6 Å². The number of alkyl halides is 1. The van der Waals surface area contributed by atoms with E-state index in [2.05, 4.69) is 27.8 Å². The van der Waals surface area contributed by atoms with Crippen LogP contribution in [0.15, 0.2) is 36.9 Å². The number of benzene rings is 1. The molecule has 1 saturated heterocycles. The van der Waals surface area contributed by atoms with Crippen molar-refractivity contribution in [1.29, 1.82) is 0 Å². The summed E-state index contributed by atoms with van der Waals surface area (Å²) in [5, 5.41) is 2.62. The molecule has 2 rings (SSSR count). The highest BCUT2D eigenvalue weighted by atomic mass is 79.9. The lowest BCUT2D eigenvalue weighted by Crippen LogP contribution is -2.26. The summed E-state index contributed by atoms with van der Waals surface area (Å²) in [7, 11) is 0. The molecule has 1 atom stereocenters. The summed E-state index contributed by atoms with van der Waals surface area (Å²) in [5.74, 6) is 0.130. The van der Waals surface area contributed by atoms with Gasteiger partial charge in [0.2, 0.25) is 5.91 Å². The zero-order valence-electron chi connectivity index (χ0n) is 11.5. The van der Waals surface area contributed by atoms with E-state index in [1.165, 1.54) is 6.08 Å². The van der Waals surface area contributed by atoms with E-state index in [-0.39, 0.29) is 17.3 Å². The molecule has 1 N–H and O–H groups in total. The van der Waals surface area contributed by atoms with Gasteiger partial charge >= 0.3 is 6.09 Å². The molecular weight excluding hydrogens is 336 g/mol. The number of hydrogen-bond acceptors (Lipinski definition) is 3. The monoisotopic (exact) mass is 352 g/mol. The quantitative estimate of drug-likeness (QED) is 0.654. The molecule has 1 aromatic carbocycles. The Balaban J connectivity index is 1.88. The van der Waals surface area contributed by atoms with Crippen molar-refractivity contribution in [2.75, 3.05) is 18.5 Å². The van der Waals surface area contributed by atoms with Crippen molar-refractivity contribution in [2.45, 2.75) is 17.8 Å². The molecule has 0 aromatic heterocycles. The summed E-state index contributed by atoms with van der Waals surface area (Å²) < 4.78 is 4.83. The Morgan fingerprint density at radius 2 is 2.19 bits per heavy atom. The van der Waals surface area contributed by atoms with E-state index in [9.17, 15) is 9.59 Å². The number of anilines is 1. The molecule has 5 nitrogen and oxygen atoms in total. The van der Waals surface area contributed by atoms with Gasteiger partial charge in [-0.3, -0.25) is 10.1 Å². The Morgan fingerprint density at radius 1 is 1.48 bits per heavy atom. The molecule has 2 amide bonds. The van der Waals surface area contributed by atoms with Gasteiger partial charge in [0.1, 0.15) is 6.61 Å². The number of carbonyl (C=O) groups excluding carboxylic acids is 2. The minimum absolute atomic E-state index is 0.0573. The van der Waals surface area contributed by atoms with Crippen LogP contribution in [0.2, 0.25) is 0 Å². The molecular formula is C15H17BrN2O3. The summed E-state index contributed by atoms with van der Waals surface area (Å²) in [6.45, 7) is 5.00. The summed E-state index contributed by atoms with van der Waals surface area (Å²) in [6, 6.07) is 7.35. The van der Waals surface area contributed by atoms with E-state index in [1.54, 1.807) is 12.1 Å². The summed E-state index contributed by atoms with van der Waals surface area (Å²) in [5.41, 5.74) is 1.67. The number of nitrogens with one attached hydrogen (secondary N) is 1. The number of halogens is 1. The highest BCUT2D eigenvalue weighted by Crippen LogP contribution is 2.21. The van der Waals surface area contributed by atoms with Gasteiger partial charge in [0, 0.05) is 18.8 Å². The molecule has 6 heteroatoms. The number of likely N-dealkylation sites (tertiary alicyclic amines) is 1. The van der Waals surface area contributed by atoms with Crippen molar-refractivity contribution < 1.29 is 14.3 Å². The number of amides is 2. The van der Waals surface area contributed by atoms with Gasteiger partial charge in [0.05, 0.1) is 4.83 Å². The van der Waals surface area contributed by atoms with Crippen LogP contribution in [0.5, 0.6) is 0 Å². The van der Waals surface area contributed by atoms with Crippen molar-refractivity contribution in [3.63, 3.8) is 0 Å². The average Bonchev–Trinajstić information content (AvgIpc) is 2.79. The van der Waals surface area contributed by atoms with Gasteiger partial charge in [-0.15, -0.1) is 0 Å². The Hall–Kier alpha value is -1.82. The maximum atomic E-state index is 11.8. The zero-order chi connectivity index (χ0) is 15.2. The largest absolute Gasteiger partial charge is 0.445 e. The van der Waals surface area contributed by atoms with Gasteiger partial charge < -0.3 is 9.64 Å². The first-order valence-electron chi connectivity index (χ1n) is 6.66. The third-order valence-electron chi connectivity index (χ3n) is 3.14. The first kappa shape index (κ1) is 15.6. The SMILES string of the molecule is C=CCOC(=O)Nc1ccc(CN2CCC(Br)C2=O)cc1. The fourth-order valence-electron chi connectivity index (χ4n) is 2.06. The summed E-state index contributed by atoms with van der Waals surface area (Å²) in [6.07, 6.45) is 1.83. The number of hydrogen-bond donors (Lipinski definition) is 1. The predicted octanol–water partition coefficient (Wildman–Crippen LogP) is 2.92.